The molecule has 0 radical (unpaired) electrons. The molecule has 4 rings (SSSR count). The predicted octanol–water partition coefficient (Wildman–Crippen LogP) is 4.28. The number of nitrogens with zero attached hydrogens (tertiary/aromatic N) is 4. The van der Waals surface area contributed by atoms with Gasteiger partial charge in [-0.15, -0.1) is 0 Å². The molecule has 0 bridgehead atoms. The van der Waals surface area contributed by atoms with Crippen molar-refractivity contribution in [3.8, 4) is 34.0 Å². The van der Waals surface area contributed by atoms with E-state index in [4.69, 9.17) is 19.4 Å². The van der Waals surface area contributed by atoms with E-state index in [2.05, 4.69) is 11.7 Å². The Hall–Kier alpha value is -3.67. The molecule has 27 heavy (non-hydrogen) atoms. The first-order valence-corrected chi connectivity index (χ1v) is 8.40. The molecular weight excluding hydrogens is 340 g/mol. The zero-order valence-electron chi connectivity index (χ0n) is 15.1. The van der Waals surface area contributed by atoms with Crippen LogP contribution < -0.4 is 9.47 Å². The second kappa shape index (κ2) is 6.92. The van der Waals surface area contributed by atoms with Crippen LogP contribution >= 0.6 is 0 Å². The second-order valence-electron chi connectivity index (χ2n) is 5.86. The van der Waals surface area contributed by atoms with E-state index in [9.17, 15) is 0 Å². The minimum Gasteiger partial charge on any atom is -0.497 e. The topological polar surface area (TPSA) is 62.1 Å². The van der Waals surface area contributed by atoms with Gasteiger partial charge in [0.1, 0.15) is 17.0 Å². The minimum atomic E-state index is 0.660. The lowest BCUT2D eigenvalue weighted by Crippen LogP contribution is -1.97. The summed E-state index contributed by atoms with van der Waals surface area (Å²) < 4.78 is 12.1. The SMILES string of the molecule is C=Cn1ncc2nc(-c3ccc(OC)cc3)c(-c3ccc(OC)cc3)nc21. The van der Waals surface area contributed by atoms with E-state index < -0.39 is 0 Å². The van der Waals surface area contributed by atoms with Crippen LogP contribution in [0.3, 0.4) is 0 Å². The van der Waals surface area contributed by atoms with Crippen molar-refractivity contribution < 1.29 is 9.47 Å². The van der Waals surface area contributed by atoms with Crippen molar-refractivity contribution in [2.75, 3.05) is 14.2 Å². The average molecular weight is 358 g/mol. The van der Waals surface area contributed by atoms with Crippen molar-refractivity contribution in [3.05, 3.63) is 61.3 Å². The van der Waals surface area contributed by atoms with Crippen molar-refractivity contribution >= 4 is 17.4 Å². The van der Waals surface area contributed by atoms with Crippen molar-refractivity contribution in [1.82, 2.24) is 19.7 Å². The summed E-state index contributed by atoms with van der Waals surface area (Å²) >= 11 is 0. The molecule has 0 N–H and O–H groups in total. The molecule has 2 aromatic heterocycles. The summed E-state index contributed by atoms with van der Waals surface area (Å²) in [7, 11) is 3.29. The minimum absolute atomic E-state index is 0.660. The highest BCUT2D eigenvalue weighted by molar-refractivity contribution is 5.85. The summed E-state index contributed by atoms with van der Waals surface area (Å²) in [6.45, 7) is 3.78. The van der Waals surface area contributed by atoms with E-state index in [1.165, 1.54) is 0 Å². The number of hydrogen-bond donors (Lipinski definition) is 0. The van der Waals surface area contributed by atoms with Crippen LogP contribution in [0.15, 0.2) is 61.3 Å². The maximum Gasteiger partial charge on any atom is 0.181 e. The van der Waals surface area contributed by atoms with Gasteiger partial charge in [-0.1, -0.05) is 6.58 Å². The third-order valence-corrected chi connectivity index (χ3v) is 4.32. The smallest absolute Gasteiger partial charge is 0.181 e. The van der Waals surface area contributed by atoms with Crippen LogP contribution in [0.25, 0.3) is 39.9 Å². The molecule has 6 heteroatoms. The summed E-state index contributed by atoms with van der Waals surface area (Å²) in [5, 5.41) is 4.27. The molecule has 2 heterocycles. The summed E-state index contributed by atoms with van der Waals surface area (Å²) in [6.07, 6.45) is 3.30. The van der Waals surface area contributed by atoms with Crippen LogP contribution in [0.5, 0.6) is 11.5 Å². The van der Waals surface area contributed by atoms with Gasteiger partial charge < -0.3 is 9.47 Å². The Kier molecular flexibility index (Phi) is 4.30. The van der Waals surface area contributed by atoms with Crippen LogP contribution in [0.2, 0.25) is 0 Å². The van der Waals surface area contributed by atoms with Gasteiger partial charge in [-0.3, -0.25) is 0 Å². The number of benzene rings is 2. The van der Waals surface area contributed by atoms with Gasteiger partial charge in [0, 0.05) is 17.3 Å². The van der Waals surface area contributed by atoms with Gasteiger partial charge in [0.25, 0.3) is 0 Å². The first-order valence-electron chi connectivity index (χ1n) is 8.40. The maximum atomic E-state index is 5.26. The van der Waals surface area contributed by atoms with E-state index >= 15 is 0 Å². The normalized spacial score (nSPS) is 10.7. The number of ether oxygens (including phenoxy) is 2. The lowest BCUT2D eigenvalue weighted by Gasteiger charge is -2.10. The Morgan fingerprint density at radius 2 is 1.33 bits per heavy atom. The molecular formula is C21H18N4O2. The maximum absolute atomic E-state index is 5.26. The van der Waals surface area contributed by atoms with E-state index in [1.807, 2.05) is 48.5 Å². The first kappa shape index (κ1) is 16.8. The number of aromatic nitrogens is 4. The lowest BCUT2D eigenvalue weighted by atomic mass is 10.0. The van der Waals surface area contributed by atoms with Crippen molar-refractivity contribution in [2.45, 2.75) is 0 Å². The van der Waals surface area contributed by atoms with Gasteiger partial charge in [0.15, 0.2) is 5.65 Å². The molecule has 0 unspecified atom stereocenters. The Labute approximate surface area is 156 Å². The molecule has 0 fully saturated rings. The molecule has 0 saturated heterocycles. The fraction of sp³-hybridized carbons (Fsp3) is 0.0952. The highest BCUT2D eigenvalue weighted by Gasteiger charge is 2.16. The predicted molar refractivity (Wildman–Crippen MR) is 106 cm³/mol. The lowest BCUT2D eigenvalue weighted by molar-refractivity contribution is 0.414. The molecule has 0 atom stereocenters. The second-order valence-corrected chi connectivity index (χ2v) is 5.86. The number of methoxy groups -OCH3 is 2. The molecule has 0 spiro atoms. The molecule has 6 nitrogen and oxygen atoms in total. The third-order valence-electron chi connectivity index (χ3n) is 4.32. The average Bonchev–Trinajstić information content (AvgIpc) is 3.15. The number of fused-ring (bicyclic) bond motifs is 1. The van der Waals surface area contributed by atoms with Gasteiger partial charge in [-0.05, 0) is 48.5 Å². The monoisotopic (exact) mass is 358 g/mol. The van der Waals surface area contributed by atoms with Gasteiger partial charge >= 0.3 is 0 Å². The van der Waals surface area contributed by atoms with Crippen LogP contribution in [0.4, 0.5) is 0 Å². The van der Waals surface area contributed by atoms with Gasteiger partial charge in [0.2, 0.25) is 0 Å². The van der Waals surface area contributed by atoms with E-state index in [-0.39, 0.29) is 0 Å². The highest BCUT2D eigenvalue weighted by Crippen LogP contribution is 2.32. The molecule has 0 saturated carbocycles. The van der Waals surface area contributed by atoms with E-state index in [0.29, 0.717) is 11.2 Å². The Morgan fingerprint density at radius 1 is 0.815 bits per heavy atom. The van der Waals surface area contributed by atoms with E-state index in [0.717, 1.165) is 34.0 Å². The third kappa shape index (κ3) is 3.01. The molecule has 0 aliphatic rings. The Balaban J connectivity index is 1.95. The number of rotatable bonds is 5. The van der Waals surface area contributed by atoms with Crippen LogP contribution in [-0.2, 0) is 0 Å². The Morgan fingerprint density at radius 3 is 1.81 bits per heavy atom. The quantitative estimate of drug-likeness (QED) is 0.533. The molecule has 2 aromatic carbocycles. The van der Waals surface area contributed by atoms with Gasteiger partial charge in [0.05, 0.1) is 31.8 Å². The largest absolute Gasteiger partial charge is 0.497 e. The van der Waals surface area contributed by atoms with Crippen molar-refractivity contribution in [1.29, 1.82) is 0 Å². The molecule has 0 amide bonds. The van der Waals surface area contributed by atoms with Gasteiger partial charge in [-0.25, -0.2) is 14.6 Å². The molecule has 0 aliphatic heterocycles. The van der Waals surface area contributed by atoms with Crippen molar-refractivity contribution in [3.63, 3.8) is 0 Å². The zero-order valence-corrected chi connectivity index (χ0v) is 15.1. The number of hydrogen-bond acceptors (Lipinski definition) is 5. The standard InChI is InChI=1S/C21H18N4O2/c1-4-25-21-18(13-22-25)23-19(14-5-9-16(26-2)10-6-14)20(24-21)15-7-11-17(27-3)12-8-15/h4-13H,1H2,2-3H3. The van der Waals surface area contributed by atoms with Crippen LogP contribution in [0.1, 0.15) is 0 Å². The highest BCUT2D eigenvalue weighted by atomic mass is 16.5. The van der Waals surface area contributed by atoms with Crippen LogP contribution in [0, 0.1) is 0 Å². The van der Waals surface area contributed by atoms with E-state index in [1.54, 1.807) is 31.3 Å². The fourth-order valence-electron chi connectivity index (χ4n) is 2.90. The van der Waals surface area contributed by atoms with Crippen LogP contribution in [-0.4, -0.2) is 34.0 Å². The van der Waals surface area contributed by atoms with Gasteiger partial charge in [-0.2, -0.15) is 5.10 Å². The molecule has 134 valence electrons. The molecule has 4 aromatic rings. The fourth-order valence-corrected chi connectivity index (χ4v) is 2.90. The Bertz CT molecular complexity index is 1100. The summed E-state index contributed by atoms with van der Waals surface area (Å²) in [5.74, 6) is 1.58. The summed E-state index contributed by atoms with van der Waals surface area (Å²) in [6, 6.07) is 15.5. The zero-order chi connectivity index (χ0) is 18.8. The summed E-state index contributed by atoms with van der Waals surface area (Å²) in [4.78, 5) is 9.67. The summed E-state index contributed by atoms with van der Waals surface area (Å²) in [5.41, 5.74) is 4.79. The molecule has 0 aliphatic carbocycles. The van der Waals surface area contributed by atoms with Crippen molar-refractivity contribution in [2.24, 2.45) is 0 Å². The first-order chi connectivity index (χ1) is 13.2.